The van der Waals surface area contributed by atoms with Crippen LogP contribution in [-0.2, 0) is 11.3 Å². The number of anilines is 1. The minimum atomic E-state index is 0.453. The van der Waals surface area contributed by atoms with Gasteiger partial charge in [0.15, 0.2) is 0 Å². The van der Waals surface area contributed by atoms with Crippen molar-refractivity contribution < 1.29 is 4.74 Å². The lowest BCUT2D eigenvalue weighted by atomic mass is 9.90. The van der Waals surface area contributed by atoms with Crippen LogP contribution >= 0.6 is 0 Å². The van der Waals surface area contributed by atoms with Gasteiger partial charge in [0, 0.05) is 25.7 Å². The highest BCUT2D eigenvalue weighted by molar-refractivity contribution is 5.35. The zero-order valence-corrected chi connectivity index (χ0v) is 12.3. The summed E-state index contributed by atoms with van der Waals surface area (Å²) in [6, 6.07) is 6.87. The van der Waals surface area contributed by atoms with E-state index in [0.717, 1.165) is 37.8 Å². The molecular formula is C16H25N3O. The Morgan fingerprint density at radius 1 is 1.35 bits per heavy atom. The molecule has 0 amide bonds. The molecule has 110 valence electrons. The van der Waals surface area contributed by atoms with E-state index in [0.29, 0.717) is 12.1 Å². The molecule has 1 aromatic rings. The standard InChI is InChI=1S/C16H25N3O/c1-2-17-16-9-5-6-13(18-16)12-19-10-11-20-15-8-4-3-7-14(15)19/h5-6,9,14-15H,2-4,7-8,10-12H2,1H3,(H,17,18). The first kappa shape index (κ1) is 13.8. The largest absolute Gasteiger partial charge is 0.375 e. The first-order chi connectivity index (χ1) is 9.86. The van der Waals surface area contributed by atoms with Crippen molar-refractivity contribution in [2.24, 2.45) is 0 Å². The second kappa shape index (κ2) is 6.55. The van der Waals surface area contributed by atoms with Crippen molar-refractivity contribution in [2.75, 3.05) is 25.0 Å². The smallest absolute Gasteiger partial charge is 0.126 e. The van der Waals surface area contributed by atoms with Crippen LogP contribution in [0.1, 0.15) is 38.3 Å². The topological polar surface area (TPSA) is 37.4 Å². The molecule has 0 spiro atoms. The SMILES string of the molecule is CCNc1cccc(CN2CCOC3CCCCC32)n1. The number of morpholine rings is 1. The van der Waals surface area contributed by atoms with E-state index in [1.807, 2.05) is 6.07 Å². The summed E-state index contributed by atoms with van der Waals surface area (Å²) in [6.07, 6.45) is 5.62. The highest BCUT2D eigenvalue weighted by atomic mass is 16.5. The Bertz CT molecular complexity index is 435. The van der Waals surface area contributed by atoms with E-state index in [1.165, 1.54) is 25.7 Å². The summed E-state index contributed by atoms with van der Waals surface area (Å²) in [4.78, 5) is 7.28. The fourth-order valence-corrected chi connectivity index (χ4v) is 3.43. The molecule has 2 aliphatic rings. The lowest BCUT2D eigenvalue weighted by Crippen LogP contribution is -2.52. The van der Waals surface area contributed by atoms with Crippen molar-refractivity contribution in [3.8, 4) is 0 Å². The molecule has 2 heterocycles. The molecule has 20 heavy (non-hydrogen) atoms. The van der Waals surface area contributed by atoms with E-state index in [9.17, 15) is 0 Å². The van der Waals surface area contributed by atoms with Gasteiger partial charge in [-0.05, 0) is 31.9 Å². The van der Waals surface area contributed by atoms with E-state index in [4.69, 9.17) is 9.72 Å². The number of rotatable bonds is 4. The van der Waals surface area contributed by atoms with Crippen molar-refractivity contribution in [1.82, 2.24) is 9.88 Å². The molecule has 4 heteroatoms. The van der Waals surface area contributed by atoms with Crippen LogP contribution in [0.25, 0.3) is 0 Å². The van der Waals surface area contributed by atoms with Gasteiger partial charge < -0.3 is 10.1 Å². The third-order valence-electron chi connectivity index (χ3n) is 4.38. The van der Waals surface area contributed by atoms with Gasteiger partial charge in [-0.3, -0.25) is 4.90 Å². The summed E-state index contributed by atoms with van der Waals surface area (Å²) in [5.74, 6) is 0.985. The highest BCUT2D eigenvalue weighted by Crippen LogP contribution is 2.29. The van der Waals surface area contributed by atoms with Crippen LogP contribution in [0.2, 0.25) is 0 Å². The van der Waals surface area contributed by atoms with E-state index in [-0.39, 0.29) is 0 Å². The Morgan fingerprint density at radius 3 is 3.15 bits per heavy atom. The van der Waals surface area contributed by atoms with Crippen molar-refractivity contribution in [1.29, 1.82) is 0 Å². The number of aromatic nitrogens is 1. The summed E-state index contributed by atoms with van der Waals surface area (Å²) >= 11 is 0. The first-order valence-corrected chi connectivity index (χ1v) is 7.92. The Hall–Kier alpha value is -1.13. The number of fused-ring (bicyclic) bond motifs is 1. The van der Waals surface area contributed by atoms with Gasteiger partial charge >= 0.3 is 0 Å². The lowest BCUT2D eigenvalue weighted by Gasteiger charge is -2.43. The zero-order valence-electron chi connectivity index (χ0n) is 12.3. The third kappa shape index (κ3) is 3.13. The highest BCUT2D eigenvalue weighted by Gasteiger charge is 2.34. The van der Waals surface area contributed by atoms with E-state index in [1.54, 1.807) is 0 Å². The zero-order chi connectivity index (χ0) is 13.8. The van der Waals surface area contributed by atoms with Crippen molar-refractivity contribution in [3.05, 3.63) is 23.9 Å². The summed E-state index contributed by atoms with van der Waals surface area (Å²) in [5.41, 5.74) is 1.16. The van der Waals surface area contributed by atoms with Crippen LogP contribution in [0.4, 0.5) is 5.82 Å². The summed E-state index contributed by atoms with van der Waals surface area (Å²) < 4.78 is 5.94. The Labute approximate surface area is 121 Å². The fraction of sp³-hybridized carbons (Fsp3) is 0.688. The Kier molecular flexibility index (Phi) is 4.53. The average molecular weight is 275 g/mol. The third-order valence-corrected chi connectivity index (χ3v) is 4.38. The van der Waals surface area contributed by atoms with E-state index in [2.05, 4.69) is 29.3 Å². The predicted molar refractivity (Wildman–Crippen MR) is 80.8 cm³/mol. The number of nitrogens with one attached hydrogen (secondary N) is 1. The molecule has 1 aliphatic carbocycles. The van der Waals surface area contributed by atoms with Crippen molar-refractivity contribution in [2.45, 2.75) is 51.3 Å². The molecule has 1 aliphatic heterocycles. The summed E-state index contributed by atoms with van der Waals surface area (Å²) in [7, 11) is 0. The molecule has 0 radical (unpaired) electrons. The van der Waals surface area contributed by atoms with Gasteiger partial charge in [-0.25, -0.2) is 4.98 Å². The maximum absolute atomic E-state index is 5.94. The molecule has 0 aromatic carbocycles. The van der Waals surface area contributed by atoms with Gasteiger partial charge in [0.2, 0.25) is 0 Å². The van der Waals surface area contributed by atoms with Crippen LogP contribution in [-0.4, -0.2) is 41.7 Å². The molecule has 1 N–H and O–H groups in total. The summed E-state index contributed by atoms with van der Waals surface area (Å²) in [6.45, 7) is 5.87. The quantitative estimate of drug-likeness (QED) is 0.916. The number of hydrogen-bond acceptors (Lipinski definition) is 4. The van der Waals surface area contributed by atoms with Gasteiger partial charge in [-0.2, -0.15) is 0 Å². The number of nitrogens with zero attached hydrogens (tertiary/aromatic N) is 2. The van der Waals surface area contributed by atoms with Gasteiger partial charge in [-0.15, -0.1) is 0 Å². The second-order valence-electron chi connectivity index (χ2n) is 5.78. The van der Waals surface area contributed by atoms with Crippen LogP contribution < -0.4 is 5.32 Å². The van der Waals surface area contributed by atoms with Gasteiger partial charge in [0.1, 0.15) is 5.82 Å². The minimum Gasteiger partial charge on any atom is -0.375 e. The molecule has 3 rings (SSSR count). The average Bonchev–Trinajstić information content (AvgIpc) is 2.48. The first-order valence-electron chi connectivity index (χ1n) is 7.92. The maximum Gasteiger partial charge on any atom is 0.126 e. The van der Waals surface area contributed by atoms with Crippen LogP contribution in [0.3, 0.4) is 0 Å². The molecule has 2 unspecified atom stereocenters. The molecule has 4 nitrogen and oxygen atoms in total. The molecule has 2 fully saturated rings. The number of pyridine rings is 1. The van der Waals surface area contributed by atoms with Gasteiger partial charge in [0.05, 0.1) is 18.4 Å². The second-order valence-corrected chi connectivity index (χ2v) is 5.78. The monoisotopic (exact) mass is 275 g/mol. The predicted octanol–water partition coefficient (Wildman–Crippen LogP) is 2.66. The Balaban J connectivity index is 1.68. The van der Waals surface area contributed by atoms with Crippen molar-refractivity contribution in [3.63, 3.8) is 0 Å². The molecule has 0 bridgehead atoms. The normalized spacial score (nSPS) is 27.1. The van der Waals surface area contributed by atoms with Crippen molar-refractivity contribution >= 4 is 5.82 Å². The van der Waals surface area contributed by atoms with Gasteiger partial charge in [0.25, 0.3) is 0 Å². The van der Waals surface area contributed by atoms with E-state index < -0.39 is 0 Å². The summed E-state index contributed by atoms with van der Waals surface area (Å²) in [5, 5.41) is 3.29. The van der Waals surface area contributed by atoms with Crippen LogP contribution in [0, 0.1) is 0 Å². The lowest BCUT2D eigenvalue weighted by molar-refractivity contribution is -0.0914. The number of hydrogen-bond donors (Lipinski definition) is 1. The van der Waals surface area contributed by atoms with Crippen LogP contribution in [0.15, 0.2) is 18.2 Å². The van der Waals surface area contributed by atoms with Crippen LogP contribution in [0.5, 0.6) is 0 Å². The fourth-order valence-electron chi connectivity index (χ4n) is 3.43. The molecule has 1 saturated carbocycles. The molecule has 1 saturated heterocycles. The van der Waals surface area contributed by atoms with E-state index >= 15 is 0 Å². The molecular weight excluding hydrogens is 250 g/mol. The molecule has 2 atom stereocenters. The van der Waals surface area contributed by atoms with Gasteiger partial charge in [-0.1, -0.05) is 18.9 Å². The molecule has 1 aromatic heterocycles. The number of ether oxygens (including phenoxy) is 1. The minimum absolute atomic E-state index is 0.453. The maximum atomic E-state index is 5.94. The Morgan fingerprint density at radius 2 is 2.25 bits per heavy atom.